The van der Waals surface area contributed by atoms with E-state index >= 15 is 0 Å². The summed E-state index contributed by atoms with van der Waals surface area (Å²) in [7, 11) is 0. The second-order valence-corrected chi connectivity index (χ2v) is 5.07. The molecule has 1 aromatic rings. The Bertz CT molecular complexity index is 462. The fourth-order valence-electron chi connectivity index (χ4n) is 1.72. The predicted molar refractivity (Wildman–Crippen MR) is 84.6 cm³/mol. The predicted octanol–water partition coefficient (Wildman–Crippen LogP) is 3.89. The maximum absolute atomic E-state index is 12.2. The van der Waals surface area contributed by atoms with Crippen molar-refractivity contribution in [2.45, 2.75) is 13.8 Å². The van der Waals surface area contributed by atoms with Crippen LogP contribution >= 0.6 is 11.8 Å². The van der Waals surface area contributed by atoms with E-state index in [0.29, 0.717) is 0 Å². The van der Waals surface area contributed by atoms with Crippen LogP contribution in [-0.2, 0) is 0 Å². The van der Waals surface area contributed by atoms with Crippen LogP contribution in [0.15, 0.2) is 48.0 Å². The van der Waals surface area contributed by atoms with Crippen LogP contribution in [0.4, 0.5) is 0 Å². The van der Waals surface area contributed by atoms with Crippen LogP contribution in [0.2, 0.25) is 0 Å². The van der Waals surface area contributed by atoms with Crippen molar-refractivity contribution < 1.29 is 4.79 Å². The summed E-state index contributed by atoms with van der Waals surface area (Å²) in [6.07, 6.45) is 5.55. The smallest absolute Gasteiger partial charge is 0.188 e. The summed E-state index contributed by atoms with van der Waals surface area (Å²) in [6.45, 7) is 9.45. The van der Waals surface area contributed by atoms with E-state index < -0.39 is 0 Å². The first-order chi connectivity index (χ1) is 9.12. The highest BCUT2D eigenvalue weighted by Gasteiger charge is 2.09. The summed E-state index contributed by atoms with van der Waals surface area (Å²) < 4.78 is 0. The molecule has 102 valence electrons. The van der Waals surface area contributed by atoms with Crippen LogP contribution in [0, 0.1) is 6.92 Å². The molecule has 0 amide bonds. The Morgan fingerprint density at radius 2 is 2.00 bits per heavy atom. The van der Waals surface area contributed by atoms with Crippen molar-refractivity contribution in [1.82, 2.24) is 4.90 Å². The van der Waals surface area contributed by atoms with Crippen molar-refractivity contribution in [3.8, 4) is 0 Å². The normalized spacial score (nSPS) is 11.2. The number of nitrogens with zero attached hydrogens (tertiary/aromatic N) is 1. The number of thioether (sulfide) groups is 1. The summed E-state index contributed by atoms with van der Waals surface area (Å²) >= 11 is 1.59. The Balaban J connectivity index is 2.93. The maximum atomic E-state index is 12.2. The van der Waals surface area contributed by atoms with Crippen molar-refractivity contribution in [3.63, 3.8) is 0 Å². The van der Waals surface area contributed by atoms with Gasteiger partial charge in [-0.25, -0.2) is 0 Å². The van der Waals surface area contributed by atoms with Crippen LogP contribution in [-0.4, -0.2) is 30.0 Å². The molecule has 0 aliphatic heterocycles. The molecule has 0 aliphatic carbocycles. The van der Waals surface area contributed by atoms with E-state index in [1.165, 1.54) is 0 Å². The van der Waals surface area contributed by atoms with Gasteiger partial charge in [0, 0.05) is 24.7 Å². The molecular formula is C16H21NOS. The van der Waals surface area contributed by atoms with Gasteiger partial charge >= 0.3 is 0 Å². The zero-order chi connectivity index (χ0) is 14.3. The second kappa shape index (κ2) is 7.85. The average molecular weight is 275 g/mol. The monoisotopic (exact) mass is 275 g/mol. The molecule has 0 aromatic heterocycles. The van der Waals surface area contributed by atoms with Crippen molar-refractivity contribution in [2.24, 2.45) is 0 Å². The molecule has 1 rings (SSSR count). The zero-order valence-electron chi connectivity index (χ0n) is 11.8. The van der Waals surface area contributed by atoms with Gasteiger partial charge in [0.15, 0.2) is 5.78 Å². The van der Waals surface area contributed by atoms with E-state index in [2.05, 4.69) is 18.4 Å². The van der Waals surface area contributed by atoms with Gasteiger partial charge in [-0.15, -0.1) is 18.3 Å². The van der Waals surface area contributed by atoms with E-state index in [1.54, 1.807) is 17.8 Å². The number of allylic oxidation sites excluding steroid dienone is 1. The number of likely N-dealkylation sites (N-methyl/N-ethyl adjacent to an activating group) is 1. The highest BCUT2D eigenvalue weighted by atomic mass is 32.2. The Labute approximate surface area is 120 Å². The molecule has 0 aliphatic rings. The first-order valence-electron chi connectivity index (χ1n) is 6.34. The standard InChI is InChI=1S/C16H21NOS/c1-5-11-17(6-2)16(19-4)12-15(18)14-9-7-13(3)8-10-14/h5,7-10,12H,1,6,11H2,2-4H3/b16-12-. The molecule has 19 heavy (non-hydrogen) atoms. The van der Waals surface area contributed by atoms with Gasteiger partial charge in [0.1, 0.15) is 0 Å². The van der Waals surface area contributed by atoms with Gasteiger partial charge < -0.3 is 4.90 Å². The number of hydrogen-bond donors (Lipinski definition) is 0. The van der Waals surface area contributed by atoms with Gasteiger partial charge in [0.2, 0.25) is 0 Å². The number of rotatable bonds is 7. The Morgan fingerprint density at radius 3 is 2.47 bits per heavy atom. The lowest BCUT2D eigenvalue weighted by molar-refractivity contribution is 0.104. The van der Waals surface area contributed by atoms with Crippen LogP contribution in [0.5, 0.6) is 0 Å². The van der Waals surface area contributed by atoms with Crippen LogP contribution < -0.4 is 0 Å². The SMILES string of the molecule is C=CCN(CC)/C(=C/C(=O)c1ccc(C)cc1)SC. The Hall–Kier alpha value is -1.48. The minimum atomic E-state index is 0.0480. The number of benzene rings is 1. The molecule has 0 saturated carbocycles. The largest absolute Gasteiger partial charge is 0.363 e. The minimum absolute atomic E-state index is 0.0480. The van der Waals surface area contributed by atoms with E-state index in [9.17, 15) is 4.79 Å². The molecule has 2 nitrogen and oxygen atoms in total. The molecule has 0 unspecified atom stereocenters. The third-order valence-electron chi connectivity index (χ3n) is 2.84. The van der Waals surface area contributed by atoms with E-state index in [1.807, 2.05) is 43.5 Å². The van der Waals surface area contributed by atoms with Crippen molar-refractivity contribution >= 4 is 17.5 Å². The summed E-state index contributed by atoms with van der Waals surface area (Å²) in [5.41, 5.74) is 1.89. The topological polar surface area (TPSA) is 20.3 Å². The summed E-state index contributed by atoms with van der Waals surface area (Å²) in [6, 6.07) is 7.66. The number of carbonyl (C=O) groups is 1. The van der Waals surface area contributed by atoms with Gasteiger partial charge in [0.25, 0.3) is 0 Å². The summed E-state index contributed by atoms with van der Waals surface area (Å²) in [5.74, 6) is 0.0480. The molecule has 0 heterocycles. The van der Waals surface area contributed by atoms with Crippen molar-refractivity contribution in [1.29, 1.82) is 0 Å². The molecule has 0 saturated heterocycles. The first kappa shape index (κ1) is 15.6. The number of ketones is 1. The molecule has 0 atom stereocenters. The highest BCUT2D eigenvalue weighted by Crippen LogP contribution is 2.18. The molecule has 0 fully saturated rings. The highest BCUT2D eigenvalue weighted by molar-refractivity contribution is 8.02. The molecule has 3 heteroatoms. The Kier molecular flexibility index (Phi) is 6.43. The van der Waals surface area contributed by atoms with Gasteiger partial charge in [-0.3, -0.25) is 4.79 Å². The van der Waals surface area contributed by atoms with Crippen LogP contribution in [0.3, 0.4) is 0 Å². The van der Waals surface area contributed by atoms with Gasteiger partial charge in [0.05, 0.1) is 5.03 Å². The fraction of sp³-hybridized carbons (Fsp3) is 0.312. The number of aryl methyl sites for hydroxylation is 1. The Morgan fingerprint density at radius 1 is 1.37 bits per heavy atom. The van der Waals surface area contributed by atoms with Crippen molar-refractivity contribution in [2.75, 3.05) is 19.3 Å². The number of hydrogen-bond acceptors (Lipinski definition) is 3. The molecule has 0 N–H and O–H groups in total. The van der Waals surface area contributed by atoms with Crippen LogP contribution in [0.25, 0.3) is 0 Å². The average Bonchev–Trinajstić information content (AvgIpc) is 2.43. The van der Waals surface area contributed by atoms with E-state index in [4.69, 9.17) is 0 Å². The summed E-state index contributed by atoms with van der Waals surface area (Å²) in [5, 5.41) is 0.980. The van der Waals surface area contributed by atoms with Crippen molar-refractivity contribution in [3.05, 3.63) is 59.2 Å². The molecule has 0 radical (unpaired) electrons. The lowest BCUT2D eigenvalue weighted by Gasteiger charge is -2.22. The third kappa shape index (κ3) is 4.60. The first-order valence-corrected chi connectivity index (χ1v) is 7.57. The quantitative estimate of drug-likeness (QED) is 0.428. The second-order valence-electron chi connectivity index (χ2n) is 4.24. The van der Waals surface area contributed by atoms with E-state index in [0.717, 1.165) is 29.2 Å². The third-order valence-corrected chi connectivity index (χ3v) is 3.64. The minimum Gasteiger partial charge on any atom is -0.363 e. The lowest BCUT2D eigenvalue weighted by atomic mass is 10.1. The van der Waals surface area contributed by atoms with Crippen LogP contribution in [0.1, 0.15) is 22.8 Å². The zero-order valence-corrected chi connectivity index (χ0v) is 12.7. The number of carbonyl (C=O) groups excluding carboxylic acids is 1. The lowest BCUT2D eigenvalue weighted by Crippen LogP contribution is -2.21. The fourth-order valence-corrected chi connectivity index (χ4v) is 2.41. The molecule has 0 spiro atoms. The maximum Gasteiger partial charge on any atom is 0.188 e. The van der Waals surface area contributed by atoms with Gasteiger partial charge in [-0.2, -0.15) is 0 Å². The molecule has 1 aromatic carbocycles. The molecule has 0 bridgehead atoms. The van der Waals surface area contributed by atoms with E-state index in [-0.39, 0.29) is 5.78 Å². The van der Waals surface area contributed by atoms with Gasteiger partial charge in [-0.05, 0) is 20.1 Å². The molecular weight excluding hydrogens is 254 g/mol. The summed E-state index contributed by atoms with van der Waals surface area (Å²) in [4.78, 5) is 14.3. The van der Waals surface area contributed by atoms with Gasteiger partial charge in [-0.1, -0.05) is 35.9 Å².